The summed E-state index contributed by atoms with van der Waals surface area (Å²) >= 11 is 18.4. The Labute approximate surface area is 133 Å². The van der Waals surface area contributed by atoms with Crippen molar-refractivity contribution >= 4 is 69.2 Å². The van der Waals surface area contributed by atoms with Gasteiger partial charge in [-0.15, -0.1) is 11.3 Å². The summed E-state index contributed by atoms with van der Waals surface area (Å²) in [5.41, 5.74) is 6.48. The van der Waals surface area contributed by atoms with E-state index in [4.69, 9.17) is 40.8 Å². The molecule has 0 aliphatic rings. The van der Waals surface area contributed by atoms with Crippen LogP contribution in [0.4, 0.5) is 5.13 Å². The number of thiazole rings is 1. The van der Waals surface area contributed by atoms with Crippen molar-refractivity contribution in [2.45, 2.75) is 0 Å². The van der Waals surface area contributed by atoms with Crippen LogP contribution in [0.25, 0.3) is 11.6 Å². The van der Waals surface area contributed by atoms with Crippen LogP contribution in [-0.2, 0) is 9.08 Å². The lowest BCUT2D eigenvalue weighted by Crippen LogP contribution is -2.02. The Hall–Kier alpha value is -1.27. The molecule has 1 aromatic carbocycles. The van der Waals surface area contributed by atoms with Crippen molar-refractivity contribution in [3.05, 3.63) is 44.9 Å². The molecule has 2 rings (SSSR count). The quantitative estimate of drug-likeness (QED) is 0.840. The van der Waals surface area contributed by atoms with E-state index >= 15 is 0 Å². The fourth-order valence-electron chi connectivity index (χ4n) is 1.48. The van der Waals surface area contributed by atoms with E-state index in [1.54, 1.807) is 23.6 Å². The smallest absolute Gasteiger partial charge is 0.358 e. The molecule has 104 valence electrons. The number of nitrogens with zero attached hydrogens (tertiary/aromatic N) is 1. The number of aromatic nitrogens is 1. The fraction of sp³-hybridized carbons (Fsp3) is 0. The maximum absolute atomic E-state index is 11.8. The van der Waals surface area contributed by atoms with E-state index in [9.17, 15) is 4.79 Å². The van der Waals surface area contributed by atoms with Gasteiger partial charge in [-0.25, -0.2) is 9.78 Å². The first-order valence-corrected chi connectivity index (χ1v) is 7.17. The molecule has 20 heavy (non-hydrogen) atoms. The van der Waals surface area contributed by atoms with E-state index in [-0.39, 0.29) is 5.57 Å². The summed E-state index contributed by atoms with van der Waals surface area (Å²) in [5.74, 6) is -0.770. The molecule has 0 amide bonds. The molecule has 0 atom stereocenters. The first kappa shape index (κ1) is 15.1. The predicted molar refractivity (Wildman–Crippen MR) is 82.8 cm³/mol. The molecule has 8 heteroatoms. The highest BCUT2D eigenvalue weighted by Crippen LogP contribution is 2.30. The van der Waals surface area contributed by atoms with Crippen LogP contribution in [0.15, 0.2) is 23.6 Å². The van der Waals surface area contributed by atoms with Gasteiger partial charge in [0.2, 0.25) is 0 Å². The minimum atomic E-state index is -0.770. The Morgan fingerprint density at radius 1 is 1.35 bits per heavy atom. The lowest BCUT2D eigenvalue weighted by molar-refractivity contribution is -0.127. The summed E-state index contributed by atoms with van der Waals surface area (Å²) < 4.78 is 4.23. The Morgan fingerprint density at radius 2 is 2.00 bits per heavy atom. The second kappa shape index (κ2) is 6.45. The van der Waals surface area contributed by atoms with Crippen molar-refractivity contribution in [3.8, 4) is 0 Å². The molecule has 0 radical (unpaired) electrons. The van der Waals surface area contributed by atoms with E-state index in [0.29, 0.717) is 26.4 Å². The Morgan fingerprint density at radius 3 is 2.50 bits per heavy atom. The number of anilines is 1. The molecule has 1 aromatic heterocycles. The highest BCUT2D eigenvalue weighted by Gasteiger charge is 2.18. The second-order valence-electron chi connectivity index (χ2n) is 3.63. The van der Waals surface area contributed by atoms with Crippen molar-refractivity contribution in [2.24, 2.45) is 0 Å². The number of hydrogen-bond donors (Lipinski definition) is 1. The number of benzene rings is 1. The topological polar surface area (TPSA) is 65.2 Å². The third-order valence-electron chi connectivity index (χ3n) is 2.38. The summed E-state index contributed by atoms with van der Waals surface area (Å²) in [6.45, 7) is 0. The van der Waals surface area contributed by atoms with E-state index in [0.717, 1.165) is 0 Å². The lowest BCUT2D eigenvalue weighted by atomic mass is 10.1. The maximum atomic E-state index is 11.8. The van der Waals surface area contributed by atoms with Crippen LogP contribution in [0.5, 0.6) is 0 Å². The SMILES string of the molecule is Nc1nc(/C(=C/c2c(Cl)cccc2Cl)C(=O)OCl)cs1. The monoisotopic (exact) mass is 348 g/mol. The van der Waals surface area contributed by atoms with Gasteiger partial charge in [-0.3, -0.25) is 0 Å². The van der Waals surface area contributed by atoms with Crippen LogP contribution in [0.3, 0.4) is 0 Å². The average Bonchev–Trinajstić information content (AvgIpc) is 2.84. The lowest BCUT2D eigenvalue weighted by Gasteiger charge is -2.04. The fourth-order valence-corrected chi connectivity index (χ4v) is 2.64. The summed E-state index contributed by atoms with van der Waals surface area (Å²) in [7, 11) is 0. The van der Waals surface area contributed by atoms with Gasteiger partial charge in [-0.05, 0) is 18.2 Å². The Bertz CT molecular complexity index is 665. The van der Waals surface area contributed by atoms with Crippen LogP contribution < -0.4 is 5.73 Å². The molecule has 1 heterocycles. The molecule has 0 spiro atoms. The number of rotatable bonds is 3. The molecule has 0 saturated heterocycles. The molecule has 0 saturated carbocycles. The molecular weight excluding hydrogens is 343 g/mol. The van der Waals surface area contributed by atoms with Crippen LogP contribution >= 0.6 is 46.4 Å². The van der Waals surface area contributed by atoms with Crippen molar-refractivity contribution in [1.82, 2.24) is 4.98 Å². The molecule has 2 N–H and O–H groups in total. The number of hydrogen-bond acceptors (Lipinski definition) is 5. The number of nitrogen functional groups attached to an aromatic ring is 1. The summed E-state index contributed by atoms with van der Waals surface area (Å²) in [5, 5.41) is 2.71. The van der Waals surface area contributed by atoms with Gasteiger partial charge in [0.05, 0.1) is 11.3 Å². The van der Waals surface area contributed by atoms with Gasteiger partial charge in [-0.2, -0.15) is 0 Å². The van der Waals surface area contributed by atoms with Crippen molar-refractivity contribution < 1.29 is 9.08 Å². The average molecular weight is 350 g/mol. The van der Waals surface area contributed by atoms with Gasteiger partial charge in [0.15, 0.2) is 5.13 Å². The van der Waals surface area contributed by atoms with Gasteiger partial charge in [-0.1, -0.05) is 29.3 Å². The number of carbonyl (C=O) groups is 1. The molecule has 4 nitrogen and oxygen atoms in total. The molecular formula is C12H7Cl3N2O2S. The van der Waals surface area contributed by atoms with E-state index < -0.39 is 5.97 Å². The zero-order chi connectivity index (χ0) is 14.7. The Kier molecular flexibility index (Phi) is 4.88. The minimum absolute atomic E-state index is 0.114. The van der Waals surface area contributed by atoms with Crippen molar-refractivity contribution in [2.75, 3.05) is 5.73 Å². The molecule has 0 fully saturated rings. The standard InChI is InChI=1S/C12H7Cl3N2O2S/c13-8-2-1-3-9(14)6(8)4-7(11(18)19-15)10-5-20-12(16)17-10/h1-5H,(H2,16,17)/b7-4-. The van der Waals surface area contributed by atoms with E-state index in [1.807, 2.05) is 0 Å². The summed E-state index contributed by atoms with van der Waals surface area (Å²) in [6.07, 6.45) is 1.46. The van der Waals surface area contributed by atoms with Crippen LogP contribution in [0.2, 0.25) is 10.0 Å². The second-order valence-corrected chi connectivity index (χ2v) is 5.49. The third-order valence-corrected chi connectivity index (χ3v) is 3.85. The first-order valence-electron chi connectivity index (χ1n) is 5.23. The molecule has 0 aliphatic carbocycles. The maximum Gasteiger partial charge on any atom is 0.358 e. The number of carbonyl (C=O) groups excluding carboxylic acids is 1. The molecule has 2 aromatic rings. The third kappa shape index (κ3) is 3.24. The normalized spacial score (nSPS) is 11.4. The van der Waals surface area contributed by atoms with Crippen LogP contribution in [0.1, 0.15) is 11.3 Å². The first-order chi connectivity index (χ1) is 9.52. The minimum Gasteiger partial charge on any atom is -0.375 e. The van der Waals surface area contributed by atoms with E-state index in [1.165, 1.54) is 17.4 Å². The number of halogens is 3. The van der Waals surface area contributed by atoms with Gasteiger partial charge in [0.25, 0.3) is 0 Å². The van der Waals surface area contributed by atoms with Gasteiger partial charge in [0, 0.05) is 21.0 Å². The van der Waals surface area contributed by atoms with Gasteiger partial charge in [0.1, 0.15) is 11.9 Å². The molecule has 0 aliphatic heterocycles. The largest absolute Gasteiger partial charge is 0.375 e. The molecule has 0 bridgehead atoms. The highest BCUT2D eigenvalue weighted by molar-refractivity contribution is 7.13. The van der Waals surface area contributed by atoms with Gasteiger partial charge < -0.3 is 10.0 Å². The van der Waals surface area contributed by atoms with Gasteiger partial charge >= 0.3 is 5.97 Å². The van der Waals surface area contributed by atoms with Crippen LogP contribution in [0, 0.1) is 0 Å². The zero-order valence-corrected chi connectivity index (χ0v) is 12.9. The van der Waals surface area contributed by atoms with Crippen LogP contribution in [-0.4, -0.2) is 11.0 Å². The highest BCUT2D eigenvalue weighted by atomic mass is 35.5. The molecule has 0 unspecified atom stereocenters. The van der Waals surface area contributed by atoms with E-state index in [2.05, 4.69) is 9.27 Å². The zero-order valence-electron chi connectivity index (χ0n) is 9.77. The Balaban J connectivity index is 2.57. The van der Waals surface area contributed by atoms with Crippen molar-refractivity contribution in [3.63, 3.8) is 0 Å². The number of nitrogens with two attached hydrogens (primary N) is 1. The summed E-state index contributed by atoms with van der Waals surface area (Å²) in [6, 6.07) is 5.00. The summed E-state index contributed by atoms with van der Waals surface area (Å²) in [4.78, 5) is 15.8. The predicted octanol–water partition coefficient (Wildman–Crippen LogP) is 4.27. The van der Waals surface area contributed by atoms with Crippen molar-refractivity contribution in [1.29, 1.82) is 0 Å².